The van der Waals surface area contributed by atoms with E-state index in [4.69, 9.17) is 0 Å². The molecule has 1 saturated carbocycles. The van der Waals surface area contributed by atoms with E-state index in [1.54, 1.807) is 0 Å². The normalized spacial score (nSPS) is 33.9. The Hall–Kier alpha value is -0.130. The summed E-state index contributed by atoms with van der Waals surface area (Å²) in [6.45, 7) is 0.835. The summed E-state index contributed by atoms with van der Waals surface area (Å²) < 4.78 is 22.6. The fourth-order valence-corrected chi connectivity index (χ4v) is 4.75. The predicted octanol–water partition coefficient (Wildman–Crippen LogP) is 0.704. The topological polar surface area (TPSA) is 66.4 Å². The average molecular weight is 261 g/mol. The molecule has 0 aromatic rings. The van der Waals surface area contributed by atoms with E-state index in [9.17, 15) is 13.5 Å². The number of nitrogens with one attached hydrogen (secondary N) is 1. The van der Waals surface area contributed by atoms with Crippen molar-refractivity contribution in [1.82, 2.24) is 5.32 Å². The molecular weight excluding hydrogens is 238 g/mol. The van der Waals surface area contributed by atoms with Crippen molar-refractivity contribution in [3.63, 3.8) is 0 Å². The first-order valence-electron chi connectivity index (χ1n) is 6.69. The number of sulfone groups is 1. The molecule has 2 rings (SSSR count). The molecule has 4 nitrogen and oxygen atoms in total. The Morgan fingerprint density at radius 2 is 1.82 bits per heavy atom. The molecule has 2 atom stereocenters. The molecule has 2 aliphatic rings. The second-order valence-electron chi connectivity index (χ2n) is 5.50. The van der Waals surface area contributed by atoms with E-state index < -0.39 is 15.9 Å². The van der Waals surface area contributed by atoms with Crippen molar-refractivity contribution in [2.45, 2.75) is 50.7 Å². The van der Waals surface area contributed by atoms with Crippen molar-refractivity contribution in [2.75, 3.05) is 18.1 Å². The predicted molar refractivity (Wildman–Crippen MR) is 67.6 cm³/mol. The van der Waals surface area contributed by atoms with Gasteiger partial charge >= 0.3 is 0 Å². The zero-order chi connectivity index (χ0) is 12.3. The highest BCUT2D eigenvalue weighted by Crippen LogP contribution is 2.25. The summed E-state index contributed by atoms with van der Waals surface area (Å²) in [5, 5.41) is 12.8. The molecule has 0 bridgehead atoms. The van der Waals surface area contributed by atoms with Crippen LogP contribution in [0.4, 0.5) is 0 Å². The molecule has 0 amide bonds. The minimum absolute atomic E-state index is 0.0753. The Labute approximate surface area is 104 Å². The molecule has 100 valence electrons. The van der Waals surface area contributed by atoms with E-state index in [0.717, 1.165) is 18.9 Å². The Balaban J connectivity index is 1.68. The molecule has 1 heterocycles. The lowest BCUT2D eigenvalue weighted by Crippen LogP contribution is -2.39. The minimum atomic E-state index is -3.01. The molecule has 0 radical (unpaired) electrons. The van der Waals surface area contributed by atoms with Crippen LogP contribution in [-0.2, 0) is 9.84 Å². The van der Waals surface area contributed by atoms with Crippen LogP contribution in [0.15, 0.2) is 0 Å². The lowest BCUT2D eigenvalue weighted by molar-refractivity contribution is 0.164. The molecule has 5 heteroatoms. The van der Waals surface area contributed by atoms with Gasteiger partial charge in [-0.1, -0.05) is 32.1 Å². The number of rotatable bonds is 4. The van der Waals surface area contributed by atoms with E-state index in [1.165, 1.54) is 32.1 Å². The van der Waals surface area contributed by atoms with Gasteiger partial charge in [0.15, 0.2) is 9.84 Å². The molecule has 0 spiro atoms. The van der Waals surface area contributed by atoms with E-state index in [1.807, 2.05) is 0 Å². The van der Waals surface area contributed by atoms with Crippen molar-refractivity contribution < 1.29 is 13.5 Å². The lowest BCUT2D eigenvalue weighted by Gasteiger charge is -2.23. The van der Waals surface area contributed by atoms with Crippen molar-refractivity contribution in [3.8, 4) is 0 Å². The van der Waals surface area contributed by atoms with Crippen molar-refractivity contribution in [3.05, 3.63) is 0 Å². The van der Waals surface area contributed by atoms with Gasteiger partial charge in [-0.15, -0.1) is 0 Å². The second-order valence-corrected chi connectivity index (χ2v) is 7.65. The SMILES string of the molecule is O=S1(=O)CC(O)C(NCCC2CCCCC2)C1. The van der Waals surface area contributed by atoms with Gasteiger partial charge in [0.1, 0.15) is 0 Å². The molecule has 0 aromatic heterocycles. The molecule has 2 N–H and O–H groups in total. The summed E-state index contributed by atoms with van der Waals surface area (Å²) in [6.07, 6.45) is 7.06. The van der Waals surface area contributed by atoms with Crippen LogP contribution >= 0.6 is 0 Å². The summed E-state index contributed by atoms with van der Waals surface area (Å²) in [7, 11) is -3.01. The molecule has 1 aliphatic carbocycles. The highest BCUT2D eigenvalue weighted by molar-refractivity contribution is 7.91. The van der Waals surface area contributed by atoms with Crippen LogP contribution in [0.3, 0.4) is 0 Å². The maximum Gasteiger partial charge on any atom is 0.154 e. The number of aliphatic hydroxyl groups is 1. The molecular formula is C12H23NO3S. The first kappa shape index (κ1) is 13.3. The van der Waals surface area contributed by atoms with Crippen molar-refractivity contribution >= 4 is 9.84 Å². The molecule has 1 aliphatic heterocycles. The van der Waals surface area contributed by atoms with Gasteiger partial charge in [-0.3, -0.25) is 0 Å². The van der Waals surface area contributed by atoms with Crippen molar-refractivity contribution in [2.24, 2.45) is 5.92 Å². The van der Waals surface area contributed by atoms with Crippen LogP contribution in [0.25, 0.3) is 0 Å². The third-order valence-electron chi connectivity index (χ3n) is 4.01. The Bertz CT molecular complexity index is 336. The van der Waals surface area contributed by atoms with Crippen LogP contribution in [0.1, 0.15) is 38.5 Å². The summed E-state index contributed by atoms with van der Waals surface area (Å²) in [4.78, 5) is 0. The third-order valence-corrected chi connectivity index (χ3v) is 5.72. The Kier molecular flexibility index (Phi) is 4.44. The van der Waals surface area contributed by atoms with E-state index in [2.05, 4.69) is 5.32 Å². The Morgan fingerprint density at radius 1 is 1.12 bits per heavy atom. The standard InChI is InChI=1S/C12H23NO3S/c14-12-9-17(15,16)8-11(12)13-7-6-10-4-2-1-3-5-10/h10-14H,1-9H2. The first-order valence-corrected chi connectivity index (χ1v) is 8.51. The smallest absolute Gasteiger partial charge is 0.154 e. The summed E-state index contributed by atoms with van der Waals surface area (Å²) in [5.74, 6) is 0.818. The minimum Gasteiger partial charge on any atom is -0.390 e. The molecule has 2 fully saturated rings. The van der Waals surface area contributed by atoms with Crippen LogP contribution in [0, 0.1) is 5.92 Å². The van der Waals surface area contributed by atoms with Gasteiger partial charge in [0, 0.05) is 6.04 Å². The van der Waals surface area contributed by atoms with Gasteiger partial charge in [0.05, 0.1) is 17.6 Å². The fraction of sp³-hybridized carbons (Fsp3) is 1.00. The summed E-state index contributed by atoms with van der Waals surface area (Å²) in [5.41, 5.74) is 0. The van der Waals surface area contributed by atoms with E-state index >= 15 is 0 Å². The zero-order valence-electron chi connectivity index (χ0n) is 10.3. The van der Waals surface area contributed by atoms with Gasteiger partial charge < -0.3 is 10.4 Å². The maximum atomic E-state index is 11.3. The monoisotopic (exact) mass is 261 g/mol. The first-order chi connectivity index (χ1) is 8.07. The maximum absolute atomic E-state index is 11.3. The largest absolute Gasteiger partial charge is 0.390 e. The van der Waals surface area contributed by atoms with Gasteiger partial charge in [0.2, 0.25) is 0 Å². The molecule has 0 aromatic carbocycles. The van der Waals surface area contributed by atoms with Gasteiger partial charge in [-0.2, -0.15) is 0 Å². The number of aliphatic hydroxyl groups excluding tert-OH is 1. The highest BCUT2D eigenvalue weighted by Gasteiger charge is 2.35. The third kappa shape index (κ3) is 3.93. The fourth-order valence-electron chi connectivity index (χ4n) is 2.97. The molecule has 17 heavy (non-hydrogen) atoms. The van der Waals surface area contributed by atoms with Crippen LogP contribution in [0.5, 0.6) is 0 Å². The van der Waals surface area contributed by atoms with E-state index in [0.29, 0.717) is 0 Å². The van der Waals surface area contributed by atoms with Crippen LogP contribution in [-0.4, -0.2) is 43.7 Å². The second kappa shape index (κ2) is 5.67. The lowest BCUT2D eigenvalue weighted by atomic mass is 9.87. The Morgan fingerprint density at radius 3 is 2.41 bits per heavy atom. The van der Waals surface area contributed by atoms with Crippen molar-refractivity contribution in [1.29, 1.82) is 0 Å². The van der Waals surface area contributed by atoms with Crippen LogP contribution < -0.4 is 5.32 Å². The van der Waals surface area contributed by atoms with Gasteiger partial charge in [-0.25, -0.2) is 8.42 Å². The zero-order valence-corrected chi connectivity index (χ0v) is 11.1. The molecule has 1 saturated heterocycles. The summed E-state index contributed by atoms with van der Waals surface area (Å²) in [6, 6.07) is -0.247. The van der Waals surface area contributed by atoms with Gasteiger partial charge in [0.25, 0.3) is 0 Å². The van der Waals surface area contributed by atoms with E-state index in [-0.39, 0.29) is 17.5 Å². The van der Waals surface area contributed by atoms with Crippen LogP contribution in [0.2, 0.25) is 0 Å². The van der Waals surface area contributed by atoms with Gasteiger partial charge in [-0.05, 0) is 18.9 Å². The number of hydrogen-bond acceptors (Lipinski definition) is 4. The quantitative estimate of drug-likeness (QED) is 0.782. The highest BCUT2D eigenvalue weighted by atomic mass is 32.2. The molecule has 2 unspecified atom stereocenters. The number of hydrogen-bond donors (Lipinski definition) is 2. The average Bonchev–Trinajstić information content (AvgIpc) is 2.53. The summed E-state index contributed by atoms with van der Waals surface area (Å²) >= 11 is 0.